The summed E-state index contributed by atoms with van der Waals surface area (Å²) in [6, 6.07) is 78.6. The van der Waals surface area contributed by atoms with Gasteiger partial charge in [-0.25, -0.2) is 19.8 Å². The topological polar surface area (TPSA) is 297 Å². The molecule has 4 heterocycles. The minimum absolute atomic E-state index is 0.000622. The minimum atomic E-state index is -0.886. The summed E-state index contributed by atoms with van der Waals surface area (Å²) in [5.41, 5.74) is 10.2. The van der Waals surface area contributed by atoms with Gasteiger partial charge in [-0.05, 0) is 70.3 Å². The van der Waals surface area contributed by atoms with Gasteiger partial charge in [0.05, 0.1) is 22.9 Å². The van der Waals surface area contributed by atoms with Crippen molar-refractivity contribution in [1.82, 2.24) is 29.9 Å². The van der Waals surface area contributed by atoms with Crippen LogP contribution >= 0.6 is 23.2 Å². The maximum atomic E-state index is 11.2. The molecule has 0 fully saturated rings. The molecule has 0 saturated heterocycles. The van der Waals surface area contributed by atoms with E-state index in [1.54, 1.807) is 54.6 Å². The number of Topliss-reactive ketones (excluding diaryl/α,β-unsaturated/α-hetero) is 2. The highest BCUT2D eigenvalue weighted by Gasteiger charge is 2.34. The van der Waals surface area contributed by atoms with Crippen molar-refractivity contribution in [3.63, 3.8) is 0 Å². The highest BCUT2D eigenvalue weighted by molar-refractivity contribution is 6.59. The Morgan fingerprint density at radius 3 is 1.24 bits per heavy atom. The molecule has 1 aliphatic rings. The number of hydrogen-bond acceptors (Lipinski definition) is 16. The van der Waals surface area contributed by atoms with Gasteiger partial charge in [0.2, 0.25) is 22.6 Å². The number of para-hydroxylation sites is 2. The number of aromatic nitrogens is 6. The van der Waals surface area contributed by atoms with Gasteiger partial charge in [0.25, 0.3) is 22.8 Å². The first kappa shape index (κ1) is 69.0. The molecule has 0 unspecified atom stereocenters. The molecule has 0 amide bonds. The van der Waals surface area contributed by atoms with E-state index < -0.39 is 32.9 Å². The predicted molar refractivity (Wildman–Crippen MR) is 388 cm³/mol. The number of nitrogens with zero attached hydrogens (tertiary/aromatic N) is 19. The molecule has 0 radical (unpaired) electrons. The lowest BCUT2D eigenvalue weighted by Gasteiger charge is -2.26. The predicted octanol–water partition coefficient (Wildman–Crippen LogP) is 17.2. The van der Waals surface area contributed by atoms with Crippen molar-refractivity contribution in [2.45, 2.75) is 0 Å². The molecule has 0 atom stereocenters. The van der Waals surface area contributed by atoms with Crippen molar-refractivity contribution in [2.24, 2.45) is 0 Å². The molecule has 104 heavy (non-hydrogen) atoms. The number of hydrogen-bond donors (Lipinski definition) is 0. The fourth-order valence-corrected chi connectivity index (χ4v) is 11.1. The third kappa shape index (κ3) is 13.6. The zero-order chi connectivity index (χ0) is 73.6. The lowest BCUT2D eigenvalue weighted by molar-refractivity contribution is -0.115. The van der Waals surface area contributed by atoms with E-state index in [0.717, 1.165) is 50.1 Å². The Morgan fingerprint density at radius 2 is 0.798 bits per heavy atom. The van der Waals surface area contributed by atoms with Crippen LogP contribution in [0.4, 0.5) is 34.5 Å². The van der Waals surface area contributed by atoms with Gasteiger partial charge in [0.15, 0.2) is 17.1 Å². The summed E-state index contributed by atoms with van der Waals surface area (Å²) in [6.45, 7) is 41.9. The van der Waals surface area contributed by atoms with Crippen molar-refractivity contribution >= 4 is 136 Å². The monoisotopic (exact) mass is 1380 g/mol. The van der Waals surface area contributed by atoms with Crippen LogP contribution in [0, 0.1) is 107 Å². The number of carbonyl (C=O) groups is 2. The SMILES string of the molecule is [C-]#[N+]C([N+]#[C-])=c1ccc(=C(C#N)C#N)cc1.[C-]#[N+]C1=C(C#N)C(=O)C(Cl)=C(Cl)C1=O.[C-]#[N+]c1nc2c(nc1C#N)c1nc(C#N)c(C#N)nc1c1nc([N+]#[C-])c([N+]#[C-])nc21.c1ccc(-c2ccc(N(c3ccc(-c4ccccc4)cc3)c3ccc(-c4cccc5c4oc4ccccc45)cc3)cc2)cc1. The smallest absolute Gasteiger partial charge is 0.455 e. The van der Waals surface area contributed by atoms with Crippen molar-refractivity contribution in [3.05, 3.63) is 318 Å². The van der Waals surface area contributed by atoms with Crippen LogP contribution < -0.4 is 15.3 Å². The average molecular weight is 1380 g/mol. The van der Waals surface area contributed by atoms with E-state index >= 15 is 0 Å². The minimum Gasteiger partial charge on any atom is -0.455 e. The molecule has 24 heteroatoms. The molecule has 22 nitrogen and oxygen atoms in total. The Labute approximate surface area is 600 Å². The summed E-state index contributed by atoms with van der Waals surface area (Å²) in [6.07, 6.45) is 0. The second-order valence-electron chi connectivity index (χ2n) is 21.4. The van der Waals surface area contributed by atoms with Gasteiger partial charge in [0, 0.05) is 38.6 Å². The van der Waals surface area contributed by atoms with E-state index in [1.807, 2.05) is 12.1 Å². The molecule has 0 spiro atoms. The Kier molecular flexibility index (Phi) is 20.4. The van der Waals surface area contributed by atoms with Crippen LogP contribution in [0.2, 0.25) is 0 Å². The third-order valence-corrected chi connectivity index (χ3v) is 16.4. The summed E-state index contributed by atoms with van der Waals surface area (Å²) in [4.78, 5) is 68.0. The Morgan fingerprint density at radius 1 is 0.394 bits per heavy atom. The second-order valence-corrected chi connectivity index (χ2v) is 22.2. The van der Waals surface area contributed by atoms with E-state index in [1.165, 1.54) is 28.3 Å². The normalized spacial score (nSPS) is 11.0. The van der Waals surface area contributed by atoms with Gasteiger partial charge in [0.1, 0.15) is 87.4 Å². The number of nitriles is 6. The number of halogens is 2. The molecule has 4 aromatic heterocycles. The van der Waals surface area contributed by atoms with E-state index in [0.29, 0.717) is 10.4 Å². The zero-order valence-electron chi connectivity index (χ0n) is 53.0. The van der Waals surface area contributed by atoms with E-state index in [2.05, 4.69) is 228 Å². The number of allylic oxidation sites excluding steroid dienone is 3. The molecule has 13 aromatic rings. The molecule has 0 bridgehead atoms. The van der Waals surface area contributed by atoms with Gasteiger partial charge in [-0.2, -0.15) is 41.3 Å². The summed E-state index contributed by atoms with van der Waals surface area (Å²) in [5, 5.41) is 55.9. The molecular weight excluding hydrogens is 1350 g/mol. The van der Waals surface area contributed by atoms with Crippen LogP contribution in [0.15, 0.2) is 226 Å². The van der Waals surface area contributed by atoms with Gasteiger partial charge >= 0.3 is 11.6 Å². The first-order valence-electron chi connectivity index (χ1n) is 30.0. The summed E-state index contributed by atoms with van der Waals surface area (Å²) >= 11 is 10.8. The van der Waals surface area contributed by atoms with Crippen LogP contribution in [0.3, 0.4) is 0 Å². The largest absolute Gasteiger partial charge is 0.526 e. The highest BCUT2D eigenvalue weighted by atomic mass is 35.5. The molecule has 14 rings (SSSR count). The van der Waals surface area contributed by atoms with Gasteiger partial charge < -0.3 is 28.6 Å². The molecule has 9 aromatic carbocycles. The maximum Gasteiger partial charge on any atom is 0.526 e. The average Bonchev–Trinajstić information content (AvgIpc) is 0.806. The van der Waals surface area contributed by atoms with Crippen molar-refractivity contribution in [3.8, 4) is 69.8 Å². The third-order valence-electron chi connectivity index (χ3n) is 15.6. The maximum absolute atomic E-state index is 11.2. The first-order valence-corrected chi connectivity index (χ1v) is 30.8. The summed E-state index contributed by atoms with van der Waals surface area (Å²) < 4.78 is 6.34. The number of anilines is 3. The van der Waals surface area contributed by atoms with Crippen LogP contribution in [-0.2, 0) is 9.59 Å². The molecule has 0 saturated carbocycles. The molecule has 480 valence electrons. The second kappa shape index (κ2) is 30.8. The number of furan rings is 1. The van der Waals surface area contributed by atoms with Crippen LogP contribution in [-0.4, -0.2) is 41.5 Å². The van der Waals surface area contributed by atoms with E-state index in [-0.39, 0.29) is 79.0 Å². The zero-order valence-corrected chi connectivity index (χ0v) is 54.5. The van der Waals surface area contributed by atoms with E-state index in [9.17, 15) is 25.4 Å². The Bertz CT molecular complexity index is 5970. The van der Waals surface area contributed by atoms with E-state index in [4.69, 9.17) is 82.8 Å². The van der Waals surface area contributed by atoms with Crippen molar-refractivity contribution < 1.29 is 14.0 Å². The molecule has 1 aliphatic carbocycles. The van der Waals surface area contributed by atoms with Gasteiger partial charge in [-0.1, -0.05) is 201 Å². The lowest BCUT2D eigenvalue weighted by atomic mass is 10.0. The fraction of sp³-hybridized carbons (Fsp3) is 0. The number of benzene rings is 9. The summed E-state index contributed by atoms with van der Waals surface area (Å²) in [7, 11) is 0. The van der Waals surface area contributed by atoms with Crippen molar-refractivity contribution in [2.75, 3.05) is 4.90 Å². The molecule has 0 aliphatic heterocycles. The Balaban J connectivity index is 0.000000155. The van der Waals surface area contributed by atoms with Gasteiger partial charge in [-0.15, -0.1) is 15.0 Å². The number of fused-ring (bicyclic) bond motifs is 9. The van der Waals surface area contributed by atoms with Crippen molar-refractivity contribution in [1.29, 1.82) is 31.6 Å². The van der Waals surface area contributed by atoms with Crippen LogP contribution in [0.5, 0.6) is 0 Å². The first-order chi connectivity index (χ1) is 50.7. The Hall–Kier alpha value is -16.4. The fourth-order valence-electron chi connectivity index (χ4n) is 10.7. The molecular formula is C80H33Cl2N19O3. The number of rotatable bonds is 6. The van der Waals surface area contributed by atoms with Crippen LogP contribution in [0.1, 0.15) is 17.1 Å². The quantitative estimate of drug-likeness (QED) is 0.0849. The number of carbonyl (C=O) groups excluding carboxylic acids is 2. The van der Waals surface area contributed by atoms with Gasteiger partial charge in [-0.3, -0.25) is 4.79 Å². The molecule has 0 N–H and O–H groups in total. The summed E-state index contributed by atoms with van der Waals surface area (Å²) in [5.74, 6) is -2.69. The number of ketones is 2. The lowest BCUT2D eigenvalue weighted by Crippen LogP contribution is -2.17. The highest BCUT2D eigenvalue weighted by Crippen LogP contribution is 2.41. The van der Waals surface area contributed by atoms with Crippen LogP contribution in [0.25, 0.3) is 129 Å². The standard InChI is InChI=1S/C42H29NO.C18N12.C12H4N4.C8Cl2N2O2/c1-3-10-30(11-4-1)32-18-24-35(25-19-32)43(36-26-20-33(21-27-36)31-12-5-2-6-13-31)37-28-22-34(23-29-37)38-15-9-16-40-39-14-7-8-17-41(39)44-42(38)40;1-22-16-9(6-21)27-12-10-11(26-8(5-20)7(4-19)25-10)14-15(13(12)28-16)30-18(24-3)17(23-2)29-14;1-15-12(16-2)10-5-3-9(4-6-10)11(7-13)8-14;1-12-6-3(2-11)7(13)4(9)5(10)8(6)14/h1-29H;;3-6H;.